The van der Waals surface area contributed by atoms with E-state index in [0.29, 0.717) is 17.3 Å². The number of benzene rings is 1. The van der Waals surface area contributed by atoms with Crippen molar-refractivity contribution in [2.75, 3.05) is 17.2 Å². The molecule has 2 aromatic rings. The van der Waals surface area contributed by atoms with Gasteiger partial charge in [0, 0.05) is 12.6 Å². The molecule has 2 N–H and O–H groups in total. The van der Waals surface area contributed by atoms with Crippen molar-refractivity contribution in [3.05, 3.63) is 42.0 Å². The first-order valence-electron chi connectivity index (χ1n) is 6.26. The number of halogens is 1. The molecule has 0 radical (unpaired) electrons. The first-order chi connectivity index (χ1) is 9.74. The van der Waals surface area contributed by atoms with Crippen molar-refractivity contribution in [1.82, 2.24) is 9.97 Å². The molecule has 0 bridgehead atoms. The first-order valence-corrected chi connectivity index (χ1v) is 6.26. The number of hydrogen-bond acceptors (Lipinski definition) is 5. The number of nitriles is 1. The van der Waals surface area contributed by atoms with Crippen LogP contribution in [0.15, 0.2) is 30.6 Å². The van der Waals surface area contributed by atoms with E-state index >= 15 is 0 Å². The number of aromatic nitrogens is 2. The van der Waals surface area contributed by atoms with Gasteiger partial charge in [0.2, 0.25) is 0 Å². The minimum Gasteiger partial charge on any atom is -0.370 e. The summed E-state index contributed by atoms with van der Waals surface area (Å²) in [6.07, 6.45) is 2.39. The Labute approximate surface area is 116 Å². The van der Waals surface area contributed by atoms with Crippen LogP contribution in [0.2, 0.25) is 0 Å². The highest BCUT2D eigenvalue weighted by atomic mass is 19.1. The highest BCUT2D eigenvalue weighted by Crippen LogP contribution is 2.22. The maximum Gasteiger partial charge on any atom is 0.143 e. The summed E-state index contributed by atoms with van der Waals surface area (Å²) in [6.45, 7) is 2.86. The molecule has 0 aliphatic carbocycles. The Hall–Kier alpha value is -2.68. The second kappa shape index (κ2) is 6.48. The van der Waals surface area contributed by atoms with Gasteiger partial charge in [-0.3, -0.25) is 0 Å². The Morgan fingerprint density at radius 1 is 1.30 bits per heavy atom. The molecule has 6 heteroatoms. The minimum atomic E-state index is -0.559. The highest BCUT2D eigenvalue weighted by molar-refractivity contribution is 5.65. The lowest BCUT2D eigenvalue weighted by Gasteiger charge is -2.09. The molecule has 1 heterocycles. The first kappa shape index (κ1) is 13.7. The summed E-state index contributed by atoms with van der Waals surface area (Å²) in [4.78, 5) is 8.13. The van der Waals surface area contributed by atoms with Crippen molar-refractivity contribution in [1.29, 1.82) is 5.26 Å². The van der Waals surface area contributed by atoms with Gasteiger partial charge in [0.25, 0.3) is 0 Å². The fraction of sp³-hybridized carbons (Fsp3) is 0.214. The molecule has 20 heavy (non-hydrogen) atoms. The third-order valence-electron chi connectivity index (χ3n) is 2.61. The minimum absolute atomic E-state index is 0.0332. The third-order valence-corrected chi connectivity index (χ3v) is 2.61. The number of nitrogens with zero attached hydrogens (tertiary/aromatic N) is 3. The average Bonchev–Trinajstić information content (AvgIpc) is 2.46. The fourth-order valence-corrected chi connectivity index (χ4v) is 1.66. The molecule has 1 aromatic carbocycles. The highest BCUT2D eigenvalue weighted by Gasteiger charge is 2.08. The van der Waals surface area contributed by atoms with Crippen molar-refractivity contribution in [2.24, 2.45) is 0 Å². The van der Waals surface area contributed by atoms with Crippen LogP contribution in [0, 0.1) is 17.1 Å². The van der Waals surface area contributed by atoms with Crippen molar-refractivity contribution in [2.45, 2.75) is 13.3 Å². The predicted octanol–water partition coefficient (Wildman–Crippen LogP) is 3.05. The molecular weight excluding hydrogens is 257 g/mol. The van der Waals surface area contributed by atoms with E-state index < -0.39 is 5.82 Å². The molecule has 0 amide bonds. The predicted molar refractivity (Wildman–Crippen MR) is 75.2 cm³/mol. The Bertz CT molecular complexity index is 636. The van der Waals surface area contributed by atoms with Crippen LogP contribution in [0.3, 0.4) is 0 Å². The maximum absolute atomic E-state index is 13.5. The van der Waals surface area contributed by atoms with Crippen molar-refractivity contribution in [3.8, 4) is 6.07 Å². The molecule has 0 atom stereocenters. The molecule has 102 valence electrons. The van der Waals surface area contributed by atoms with Gasteiger partial charge >= 0.3 is 0 Å². The van der Waals surface area contributed by atoms with E-state index in [1.54, 1.807) is 12.1 Å². The Kier molecular flexibility index (Phi) is 4.45. The van der Waals surface area contributed by atoms with E-state index in [1.165, 1.54) is 18.5 Å². The van der Waals surface area contributed by atoms with E-state index in [-0.39, 0.29) is 5.56 Å². The lowest BCUT2D eigenvalue weighted by atomic mass is 10.2. The zero-order valence-corrected chi connectivity index (χ0v) is 11.0. The van der Waals surface area contributed by atoms with Gasteiger partial charge in [-0.2, -0.15) is 5.26 Å². The molecule has 2 rings (SSSR count). The number of nitrogens with one attached hydrogen (secondary N) is 2. The number of rotatable bonds is 5. The summed E-state index contributed by atoms with van der Waals surface area (Å²) in [5.41, 5.74) is 0.349. The van der Waals surface area contributed by atoms with Crippen molar-refractivity contribution < 1.29 is 4.39 Å². The lowest BCUT2D eigenvalue weighted by molar-refractivity contribution is 0.624. The SMILES string of the molecule is CCCNc1cc(Nc2cccc(F)c2C#N)ncn1. The van der Waals surface area contributed by atoms with E-state index in [0.717, 1.165) is 13.0 Å². The van der Waals surface area contributed by atoms with Crippen LogP contribution in [0.5, 0.6) is 0 Å². The molecular formula is C14H14FN5. The van der Waals surface area contributed by atoms with Gasteiger partial charge in [0.05, 0.1) is 5.69 Å². The molecule has 0 aliphatic heterocycles. The smallest absolute Gasteiger partial charge is 0.143 e. The van der Waals surface area contributed by atoms with Gasteiger partial charge in [0.1, 0.15) is 35.4 Å². The van der Waals surface area contributed by atoms with Crippen LogP contribution in [0.4, 0.5) is 21.7 Å². The summed E-state index contributed by atoms with van der Waals surface area (Å²) in [5.74, 6) is 0.621. The fourth-order valence-electron chi connectivity index (χ4n) is 1.66. The van der Waals surface area contributed by atoms with Crippen molar-refractivity contribution >= 4 is 17.3 Å². The van der Waals surface area contributed by atoms with Gasteiger partial charge in [-0.05, 0) is 18.6 Å². The Morgan fingerprint density at radius 3 is 2.85 bits per heavy atom. The van der Waals surface area contributed by atoms with Gasteiger partial charge in [-0.15, -0.1) is 0 Å². The summed E-state index contributed by atoms with van der Waals surface area (Å²) < 4.78 is 13.5. The summed E-state index contributed by atoms with van der Waals surface area (Å²) in [6, 6.07) is 7.96. The molecule has 0 fully saturated rings. The average molecular weight is 271 g/mol. The largest absolute Gasteiger partial charge is 0.370 e. The van der Waals surface area contributed by atoms with Crippen LogP contribution in [0.1, 0.15) is 18.9 Å². The van der Waals surface area contributed by atoms with Crippen molar-refractivity contribution in [3.63, 3.8) is 0 Å². The summed E-state index contributed by atoms with van der Waals surface area (Å²) in [5, 5.41) is 15.0. The second-order valence-corrected chi connectivity index (χ2v) is 4.11. The van der Waals surface area contributed by atoms with E-state index in [2.05, 4.69) is 27.5 Å². The lowest BCUT2D eigenvalue weighted by Crippen LogP contribution is -2.04. The van der Waals surface area contributed by atoms with E-state index in [1.807, 2.05) is 6.07 Å². The topological polar surface area (TPSA) is 73.6 Å². The summed E-state index contributed by atoms with van der Waals surface area (Å²) in [7, 11) is 0. The van der Waals surface area contributed by atoms with Crippen LogP contribution in [-0.4, -0.2) is 16.5 Å². The number of anilines is 3. The van der Waals surface area contributed by atoms with Gasteiger partial charge in [-0.25, -0.2) is 14.4 Å². The third kappa shape index (κ3) is 3.20. The molecule has 0 saturated carbocycles. The van der Waals surface area contributed by atoms with Gasteiger partial charge in [0.15, 0.2) is 0 Å². The zero-order valence-electron chi connectivity index (χ0n) is 11.0. The van der Waals surface area contributed by atoms with Crippen LogP contribution < -0.4 is 10.6 Å². The van der Waals surface area contributed by atoms with E-state index in [9.17, 15) is 4.39 Å². The molecule has 0 spiro atoms. The Morgan fingerprint density at radius 2 is 2.10 bits per heavy atom. The monoisotopic (exact) mass is 271 g/mol. The van der Waals surface area contributed by atoms with E-state index in [4.69, 9.17) is 5.26 Å². The normalized spacial score (nSPS) is 9.85. The van der Waals surface area contributed by atoms with Gasteiger partial charge in [-0.1, -0.05) is 13.0 Å². The molecule has 5 nitrogen and oxygen atoms in total. The van der Waals surface area contributed by atoms with Crippen LogP contribution in [-0.2, 0) is 0 Å². The quantitative estimate of drug-likeness (QED) is 0.874. The van der Waals surface area contributed by atoms with Crippen LogP contribution in [0.25, 0.3) is 0 Å². The maximum atomic E-state index is 13.5. The molecule has 1 aromatic heterocycles. The standard InChI is InChI=1S/C14H14FN5/c1-2-6-17-13-7-14(19-9-18-13)20-12-5-3-4-11(15)10(12)8-16/h3-5,7,9H,2,6H2,1H3,(H2,17,18,19,20). The van der Waals surface area contributed by atoms with Gasteiger partial charge < -0.3 is 10.6 Å². The molecule has 0 unspecified atom stereocenters. The zero-order chi connectivity index (χ0) is 14.4. The molecule has 0 saturated heterocycles. The molecule has 0 aliphatic rings. The summed E-state index contributed by atoms with van der Waals surface area (Å²) >= 11 is 0. The second-order valence-electron chi connectivity index (χ2n) is 4.11. The Balaban J connectivity index is 2.22. The number of hydrogen-bond donors (Lipinski definition) is 2. The van der Waals surface area contributed by atoms with Crippen LogP contribution >= 0.6 is 0 Å².